The van der Waals surface area contributed by atoms with Crippen molar-refractivity contribution in [3.05, 3.63) is 108 Å². The molecule has 4 aliphatic carbocycles. The van der Waals surface area contributed by atoms with E-state index in [1.165, 1.54) is 36.7 Å². The quantitative estimate of drug-likeness (QED) is 0.303. The van der Waals surface area contributed by atoms with E-state index in [0.29, 0.717) is 15.5 Å². The van der Waals surface area contributed by atoms with E-state index in [1.54, 1.807) is 47.0 Å². The van der Waals surface area contributed by atoms with Crippen molar-refractivity contribution in [2.75, 3.05) is 0 Å². The van der Waals surface area contributed by atoms with Crippen molar-refractivity contribution in [1.29, 1.82) is 0 Å². The van der Waals surface area contributed by atoms with Crippen molar-refractivity contribution in [3.8, 4) is 0 Å². The van der Waals surface area contributed by atoms with Gasteiger partial charge in [0.15, 0.2) is 0 Å². The van der Waals surface area contributed by atoms with E-state index in [-0.39, 0.29) is 24.8 Å². The third-order valence-electron chi connectivity index (χ3n) is 9.67. The van der Waals surface area contributed by atoms with Crippen molar-refractivity contribution in [2.24, 2.45) is 11.8 Å². The van der Waals surface area contributed by atoms with Crippen LogP contribution in [-0.2, 0) is 38.1 Å². The first-order valence-electron chi connectivity index (χ1n) is 14.8. The molecule has 3 atom stereocenters. The molecular weight excluding hydrogens is 757 g/mol. The molecule has 5 rings (SSSR count). The number of benzene rings is 1. The zero-order chi connectivity index (χ0) is 30.5. The van der Waals surface area contributed by atoms with Crippen molar-refractivity contribution in [3.63, 3.8) is 0 Å². The molecule has 4 aliphatic rings. The molecule has 3 unspecified atom stereocenters. The number of fused-ring (bicyclic) bond motifs is 1. The molecule has 42 heavy (non-hydrogen) atoms. The van der Waals surface area contributed by atoms with Crippen molar-refractivity contribution < 1.29 is 63.0 Å². The van der Waals surface area contributed by atoms with Gasteiger partial charge in [-0.3, -0.25) is 0 Å². The van der Waals surface area contributed by atoms with Gasteiger partial charge in [0.05, 0.1) is 0 Å². The molecule has 0 N–H and O–H groups in total. The van der Waals surface area contributed by atoms with E-state index in [0.717, 1.165) is 6.42 Å². The number of allylic oxidation sites excluding steroid dienone is 13. The van der Waals surface area contributed by atoms with E-state index >= 15 is 0 Å². The van der Waals surface area contributed by atoms with Crippen LogP contribution in [0.5, 0.6) is 0 Å². The summed E-state index contributed by atoms with van der Waals surface area (Å²) >= 11 is -2.80. The van der Waals surface area contributed by atoms with Crippen LogP contribution in [-0.4, -0.2) is 0 Å². The normalized spacial score (nSPS) is 25.3. The first kappa shape index (κ1) is 40.3. The summed E-state index contributed by atoms with van der Waals surface area (Å²) in [5.41, 5.74) is 15.3. The van der Waals surface area contributed by atoms with Gasteiger partial charge in [0, 0.05) is 11.8 Å². The number of hydrogen-bond donors (Lipinski definition) is 0. The molecule has 0 saturated carbocycles. The van der Waals surface area contributed by atoms with Crippen LogP contribution >= 0.6 is 17.0 Å². The summed E-state index contributed by atoms with van der Waals surface area (Å²) in [7, 11) is 13.5. The van der Waals surface area contributed by atoms with E-state index in [1.807, 2.05) is 24.6 Å². The molecule has 0 bridgehead atoms. The summed E-state index contributed by atoms with van der Waals surface area (Å²) in [5.74, 6) is 1.19. The molecule has 0 amide bonds. The van der Waals surface area contributed by atoms with Crippen LogP contribution in [0.4, 0.5) is 0 Å². The Morgan fingerprint density at radius 2 is 1.19 bits per heavy atom. The molecule has 0 fully saturated rings. The zero-order valence-electron chi connectivity index (χ0n) is 27.6. The molecular formula is C36H50Cl4Zr2. The molecule has 0 saturated heterocycles. The second-order valence-corrected chi connectivity index (χ2v) is 70.7. The summed E-state index contributed by atoms with van der Waals surface area (Å²) in [4.78, 5) is 0. The van der Waals surface area contributed by atoms with Gasteiger partial charge in [0.2, 0.25) is 0 Å². The van der Waals surface area contributed by atoms with Crippen LogP contribution in [0.1, 0.15) is 76.6 Å². The first-order chi connectivity index (χ1) is 18.0. The van der Waals surface area contributed by atoms with Gasteiger partial charge in [0.25, 0.3) is 0 Å². The minimum atomic E-state index is -4.39. The SMILES string of the molecule is CC1=C(C)C(C)C(C2=C(C)C(C)=C(C)C2C)=C1C.[CH3][Zr]([CH3])([CH3])([CH3])([Cl])([Cl])[C]1=CC=CC1.[Cl-].[Cl-].[Zr+2][CH]1C=Cc2ccccc21. The summed E-state index contributed by atoms with van der Waals surface area (Å²) in [6.45, 7) is 18.5. The Kier molecular flexibility index (Phi) is 12.0. The Hall–Kier alpha value is 0.326. The van der Waals surface area contributed by atoms with Gasteiger partial charge in [-0.25, -0.2) is 0 Å². The van der Waals surface area contributed by atoms with Crippen LogP contribution in [0.3, 0.4) is 0 Å². The fourth-order valence-electron chi connectivity index (χ4n) is 6.18. The Labute approximate surface area is 286 Å². The van der Waals surface area contributed by atoms with Gasteiger partial charge in [0.1, 0.15) is 0 Å². The third-order valence-corrected chi connectivity index (χ3v) is 22.2. The summed E-state index contributed by atoms with van der Waals surface area (Å²) < 4.78 is 10.1. The fraction of sp³-hybridized carbons (Fsp3) is 0.444. The predicted molar refractivity (Wildman–Crippen MR) is 176 cm³/mol. The minimum absolute atomic E-state index is 0. The third kappa shape index (κ3) is 8.98. The molecule has 0 aromatic heterocycles. The molecule has 0 radical (unpaired) electrons. The van der Waals surface area contributed by atoms with E-state index in [2.05, 4.69) is 104 Å². The second kappa shape index (κ2) is 12.5. The maximum absolute atomic E-state index is 6.75. The monoisotopic (exact) mass is 802 g/mol. The Bertz CT molecular complexity index is 1410. The molecule has 230 valence electrons. The molecule has 0 heterocycles. The average molecular weight is 807 g/mol. The van der Waals surface area contributed by atoms with Gasteiger partial charge in [-0.1, -0.05) is 25.0 Å². The van der Waals surface area contributed by atoms with Crippen LogP contribution in [0, 0.1) is 11.8 Å². The second-order valence-electron chi connectivity index (χ2n) is 15.7. The molecule has 0 nitrogen and oxygen atoms in total. The van der Waals surface area contributed by atoms with Crippen LogP contribution < -0.4 is 24.8 Å². The fourth-order valence-corrected chi connectivity index (χ4v) is 13.6. The Morgan fingerprint density at radius 1 is 0.738 bits per heavy atom. The Morgan fingerprint density at radius 3 is 1.50 bits per heavy atom. The van der Waals surface area contributed by atoms with Gasteiger partial charge < -0.3 is 24.8 Å². The molecule has 6 heteroatoms. The van der Waals surface area contributed by atoms with Crippen molar-refractivity contribution in [1.82, 2.24) is 0 Å². The van der Waals surface area contributed by atoms with E-state index in [4.69, 9.17) is 17.0 Å². The van der Waals surface area contributed by atoms with Crippen LogP contribution in [0.2, 0.25) is 18.5 Å². The molecule has 0 spiro atoms. The average Bonchev–Trinajstić information content (AvgIpc) is 3.61. The number of hydrogen-bond acceptors (Lipinski definition) is 0. The van der Waals surface area contributed by atoms with Crippen LogP contribution in [0.25, 0.3) is 6.08 Å². The topological polar surface area (TPSA) is 0 Å². The van der Waals surface area contributed by atoms with Crippen molar-refractivity contribution >= 4 is 23.1 Å². The predicted octanol–water partition coefficient (Wildman–Crippen LogP) is 6.99. The van der Waals surface area contributed by atoms with E-state index in [9.17, 15) is 0 Å². The first-order valence-corrected chi connectivity index (χ1v) is 33.6. The van der Waals surface area contributed by atoms with E-state index < -0.39 is 13.4 Å². The molecule has 1 aromatic carbocycles. The standard InChI is InChI=1S/C18H26.C9H7.C5H5.4CH3.4ClH.2Zr/c1-9-10(2)14(6)17(13(9)5)18-15(7)11(3)12(4)16(18)8;1-2-5-9-7-3-6-8(9)4-1;1-2-4-5-3-1;;;;;;;;;;/h13,15H,1-8H3;1-7H;1-3H,4H2;4*1H3;4*1H;;/q;;;;;;;;;;;2*+2/p-4. The van der Waals surface area contributed by atoms with Gasteiger partial charge >= 0.3 is 153 Å². The molecule has 0 aliphatic heterocycles. The summed E-state index contributed by atoms with van der Waals surface area (Å²) in [6.07, 6.45) is 11.6. The van der Waals surface area contributed by atoms with Crippen molar-refractivity contribution in [2.45, 2.75) is 84.0 Å². The number of rotatable bonds is 2. The van der Waals surface area contributed by atoms with Crippen LogP contribution in [0.15, 0.2) is 96.4 Å². The molecule has 1 aromatic rings. The van der Waals surface area contributed by atoms with Gasteiger partial charge in [-0.2, -0.15) is 0 Å². The maximum atomic E-state index is 6.75. The summed E-state index contributed by atoms with van der Waals surface area (Å²) in [5, 5.41) is 0. The van der Waals surface area contributed by atoms with Gasteiger partial charge in [-0.15, -0.1) is 0 Å². The zero-order valence-corrected chi connectivity index (χ0v) is 35.6. The number of halogens is 4. The van der Waals surface area contributed by atoms with Gasteiger partial charge in [-0.05, 0) is 75.0 Å². The Balaban J connectivity index is 0.000000322. The summed E-state index contributed by atoms with van der Waals surface area (Å²) in [6, 6.07) is 8.60.